The van der Waals surface area contributed by atoms with Gasteiger partial charge in [-0.3, -0.25) is 4.79 Å². The third-order valence-electron chi connectivity index (χ3n) is 3.27. The number of rotatable bonds is 5. The SMILES string of the molecule is CC(=O)/C=C/c1ccccc1.CC(=O)C[C@@H](C)c1ccccc1. The van der Waals surface area contributed by atoms with Crippen molar-refractivity contribution in [3.05, 3.63) is 77.9 Å². The van der Waals surface area contributed by atoms with Gasteiger partial charge in [-0.2, -0.15) is 0 Å². The third kappa shape index (κ3) is 8.52. The van der Waals surface area contributed by atoms with Crippen LogP contribution in [0.1, 0.15) is 44.2 Å². The Hall–Kier alpha value is -2.48. The van der Waals surface area contributed by atoms with Crippen LogP contribution in [0.25, 0.3) is 6.08 Å². The van der Waals surface area contributed by atoms with Gasteiger partial charge in [-0.05, 0) is 37.0 Å². The second-order valence-corrected chi connectivity index (χ2v) is 5.57. The molecule has 0 spiro atoms. The minimum absolute atomic E-state index is 0.0776. The first-order valence-corrected chi connectivity index (χ1v) is 7.77. The monoisotopic (exact) mass is 308 g/mol. The van der Waals surface area contributed by atoms with Gasteiger partial charge >= 0.3 is 0 Å². The molecule has 0 aliphatic carbocycles. The summed E-state index contributed by atoms with van der Waals surface area (Å²) >= 11 is 0. The standard InChI is InChI=1S/C11H14O.C10H10O/c1-9(8-10(2)12)11-6-4-3-5-7-11;1-9(11)7-8-10-5-3-2-4-6-10/h3-7,9H,8H2,1-2H3;2-8H,1H3/b;8-7+/t9-;/m1./s1. The van der Waals surface area contributed by atoms with Gasteiger partial charge < -0.3 is 4.79 Å². The smallest absolute Gasteiger partial charge is 0.152 e. The predicted molar refractivity (Wildman–Crippen MR) is 96.3 cm³/mol. The molecule has 2 aromatic carbocycles. The minimum atomic E-state index is 0.0776. The Kier molecular flexibility index (Phi) is 8.30. The minimum Gasteiger partial charge on any atom is -0.300 e. The predicted octanol–water partition coefficient (Wildman–Crippen LogP) is 5.06. The molecule has 0 radical (unpaired) electrons. The van der Waals surface area contributed by atoms with Crippen molar-refractivity contribution >= 4 is 17.6 Å². The molecule has 23 heavy (non-hydrogen) atoms. The molecular formula is C21H24O2. The van der Waals surface area contributed by atoms with E-state index in [4.69, 9.17) is 0 Å². The largest absolute Gasteiger partial charge is 0.300 e. The van der Waals surface area contributed by atoms with E-state index in [9.17, 15) is 9.59 Å². The molecule has 2 heteroatoms. The highest BCUT2D eigenvalue weighted by molar-refractivity contribution is 5.91. The van der Waals surface area contributed by atoms with Crippen molar-refractivity contribution in [3.8, 4) is 0 Å². The average Bonchev–Trinajstić information content (AvgIpc) is 2.55. The second kappa shape index (κ2) is 10.3. The van der Waals surface area contributed by atoms with Gasteiger partial charge in [0.05, 0.1) is 0 Å². The van der Waals surface area contributed by atoms with Gasteiger partial charge in [-0.1, -0.05) is 73.7 Å². The highest BCUT2D eigenvalue weighted by atomic mass is 16.1. The molecule has 0 saturated carbocycles. The summed E-state index contributed by atoms with van der Waals surface area (Å²) in [6, 6.07) is 19.9. The first-order valence-electron chi connectivity index (χ1n) is 7.77. The van der Waals surface area contributed by atoms with Crippen LogP contribution in [0.2, 0.25) is 0 Å². The van der Waals surface area contributed by atoms with Gasteiger partial charge in [0.1, 0.15) is 5.78 Å². The molecule has 0 bridgehead atoms. The molecule has 120 valence electrons. The average molecular weight is 308 g/mol. The van der Waals surface area contributed by atoms with Crippen LogP contribution in [0.3, 0.4) is 0 Å². The lowest BCUT2D eigenvalue weighted by Crippen LogP contribution is -1.99. The number of carbonyl (C=O) groups is 2. The van der Waals surface area contributed by atoms with E-state index in [-0.39, 0.29) is 11.6 Å². The molecule has 2 rings (SSSR count). The Morgan fingerprint density at radius 1 is 0.913 bits per heavy atom. The molecule has 1 atom stereocenters. The Balaban J connectivity index is 0.000000231. The van der Waals surface area contributed by atoms with Crippen LogP contribution in [-0.2, 0) is 9.59 Å². The van der Waals surface area contributed by atoms with Crippen molar-refractivity contribution < 1.29 is 9.59 Å². The van der Waals surface area contributed by atoms with E-state index in [0.29, 0.717) is 12.3 Å². The lowest BCUT2D eigenvalue weighted by molar-refractivity contribution is -0.117. The summed E-state index contributed by atoms with van der Waals surface area (Å²) in [6.45, 7) is 5.26. The molecule has 0 unspecified atom stereocenters. The van der Waals surface area contributed by atoms with Crippen LogP contribution in [-0.4, -0.2) is 11.6 Å². The van der Waals surface area contributed by atoms with Crippen LogP contribution in [0.4, 0.5) is 0 Å². The zero-order valence-corrected chi connectivity index (χ0v) is 14.0. The molecule has 0 fully saturated rings. The summed E-state index contributed by atoms with van der Waals surface area (Å²) in [4.78, 5) is 21.4. The highest BCUT2D eigenvalue weighted by Gasteiger charge is 2.06. The van der Waals surface area contributed by atoms with E-state index >= 15 is 0 Å². The molecule has 2 aromatic rings. The van der Waals surface area contributed by atoms with Crippen LogP contribution >= 0.6 is 0 Å². The van der Waals surface area contributed by atoms with Crippen LogP contribution in [0, 0.1) is 0 Å². The number of allylic oxidation sites excluding steroid dienone is 1. The van der Waals surface area contributed by atoms with Gasteiger partial charge in [-0.15, -0.1) is 0 Å². The highest BCUT2D eigenvalue weighted by Crippen LogP contribution is 2.18. The van der Waals surface area contributed by atoms with Crippen LogP contribution in [0.5, 0.6) is 0 Å². The zero-order chi connectivity index (χ0) is 17.1. The van der Waals surface area contributed by atoms with Gasteiger partial charge in [0.25, 0.3) is 0 Å². The Morgan fingerprint density at radius 3 is 1.91 bits per heavy atom. The molecule has 0 aromatic heterocycles. The molecule has 0 N–H and O–H groups in total. The van der Waals surface area contributed by atoms with Gasteiger partial charge in [0, 0.05) is 6.42 Å². The van der Waals surface area contributed by atoms with Crippen molar-refractivity contribution in [2.45, 2.75) is 33.1 Å². The van der Waals surface area contributed by atoms with E-state index in [1.807, 2.05) is 54.6 Å². The first-order chi connectivity index (χ1) is 11.0. The van der Waals surface area contributed by atoms with Crippen molar-refractivity contribution in [2.24, 2.45) is 0 Å². The summed E-state index contributed by atoms with van der Waals surface area (Å²) in [7, 11) is 0. The number of hydrogen-bond donors (Lipinski definition) is 0. The van der Waals surface area contributed by atoms with Gasteiger partial charge in [-0.25, -0.2) is 0 Å². The number of benzene rings is 2. The van der Waals surface area contributed by atoms with Crippen molar-refractivity contribution in [1.29, 1.82) is 0 Å². The molecule has 2 nitrogen and oxygen atoms in total. The first kappa shape index (κ1) is 18.6. The Bertz CT molecular complexity index is 627. The maximum atomic E-state index is 10.8. The topological polar surface area (TPSA) is 34.1 Å². The Morgan fingerprint density at radius 2 is 1.43 bits per heavy atom. The number of hydrogen-bond acceptors (Lipinski definition) is 2. The van der Waals surface area contributed by atoms with E-state index in [0.717, 1.165) is 5.56 Å². The van der Waals surface area contributed by atoms with Gasteiger partial charge in [0.2, 0.25) is 0 Å². The van der Waals surface area contributed by atoms with Crippen molar-refractivity contribution in [2.75, 3.05) is 0 Å². The fourth-order valence-electron chi connectivity index (χ4n) is 2.11. The zero-order valence-electron chi connectivity index (χ0n) is 14.0. The molecule has 0 saturated heterocycles. The third-order valence-corrected chi connectivity index (χ3v) is 3.27. The quantitative estimate of drug-likeness (QED) is 0.724. The maximum absolute atomic E-state index is 10.8. The number of Topliss-reactive ketones (excluding diaryl/α,β-unsaturated/α-hetero) is 1. The molecule has 0 heterocycles. The fraction of sp³-hybridized carbons (Fsp3) is 0.238. The number of ketones is 2. The molecule has 0 aliphatic heterocycles. The van der Waals surface area contributed by atoms with Crippen LogP contribution < -0.4 is 0 Å². The molecule has 0 amide bonds. The summed E-state index contributed by atoms with van der Waals surface area (Å²) in [5.74, 6) is 0.684. The van der Waals surface area contributed by atoms with E-state index in [1.165, 1.54) is 5.56 Å². The normalized spacial score (nSPS) is 11.4. The Labute approximate surface area is 138 Å². The summed E-state index contributed by atoms with van der Waals surface area (Å²) in [5, 5.41) is 0. The maximum Gasteiger partial charge on any atom is 0.152 e. The summed E-state index contributed by atoms with van der Waals surface area (Å²) in [5.41, 5.74) is 2.30. The fourth-order valence-corrected chi connectivity index (χ4v) is 2.11. The van der Waals surface area contributed by atoms with E-state index < -0.39 is 0 Å². The molecule has 0 aliphatic rings. The van der Waals surface area contributed by atoms with Crippen LogP contribution in [0.15, 0.2) is 66.7 Å². The second-order valence-electron chi connectivity index (χ2n) is 5.57. The lowest BCUT2D eigenvalue weighted by Gasteiger charge is -2.08. The molecular weight excluding hydrogens is 284 g/mol. The van der Waals surface area contributed by atoms with E-state index in [2.05, 4.69) is 19.1 Å². The van der Waals surface area contributed by atoms with Gasteiger partial charge in [0.15, 0.2) is 5.78 Å². The number of carbonyl (C=O) groups excluding carboxylic acids is 2. The summed E-state index contributed by atoms with van der Waals surface area (Å²) in [6.07, 6.45) is 4.02. The van der Waals surface area contributed by atoms with Crippen molar-refractivity contribution in [3.63, 3.8) is 0 Å². The summed E-state index contributed by atoms with van der Waals surface area (Å²) < 4.78 is 0. The lowest BCUT2D eigenvalue weighted by atomic mass is 9.96. The van der Waals surface area contributed by atoms with Crippen molar-refractivity contribution in [1.82, 2.24) is 0 Å². The van der Waals surface area contributed by atoms with E-state index in [1.54, 1.807) is 19.9 Å².